The fraction of sp³-hybridized carbons (Fsp3) is 0.136. The number of thioether (sulfide) groups is 1. The summed E-state index contributed by atoms with van der Waals surface area (Å²) in [5.41, 5.74) is 5.25. The van der Waals surface area contributed by atoms with Crippen LogP contribution in [0.2, 0.25) is 0 Å². The molecule has 124 valence electrons. The number of hydrogen-bond donors (Lipinski definition) is 0. The molecule has 1 heterocycles. The molecule has 4 rings (SSSR count). The molecule has 0 aliphatic carbocycles. The van der Waals surface area contributed by atoms with Gasteiger partial charge in [0, 0.05) is 10.6 Å². The second kappa shape index (κ2) is 6.41. The molecule has 1 aliphatic heterocycles. The van der Waals surface area contributed by atoms with E-state index in [0.29, 0.717) is 0 Å². The minimum atomic E-state index is -0.0642. The monoisotopic (exact) mass is 345 g/mol. The zero-order chi connectivity index (χ0) is 17.4. The maximum atomic E-state index is 13.3. The summed E-state index contributed by atoms with van der Waals surface area (Å²) in [7, 11) is 0. The maximum absolute atomic E-state index is 13.3. The van der Waals surface area contributed by atoms with Crippen molar-refractivity contribution in [2.24, 2.45) is 0 Å². The molecule has 0 spiro atoms. The van der Waals surface area contributed by atoms with Crippen molar-refractivity contribution in [2.45, 2.75) is 24.1 Å². The standard InChI is InChI=1S/C22H19NOS/c1-15-7-11-17(12-8-15)22-23(18-13-9-16(2)10-14-18)21(24)19-5-3-4-6-20(19)25-22/h3-14,22H,1-2H3/t22-/m0/s1. The van der Waals surface area contributed by atoms with Gasteiger partial charge in [0.15, 0.2) is 0 Å². The Morgan fingerprint density at radius 1 is 0.800 bits per heavy atom. The van der Waals surface area contributed by atoms with Crippen molar-refractivity contribution in [1.82, 2.24) is 0 Å². The number of hydrogen-bond acceptors (Lipinski definition) is 2. The minimum absolute atomic E-state index is 0.0591. The predicted octanol–water partition coefficient (Wildman–Crippen LogP) is 5.75. The average molecular weight is 345 g/mol. The number of fused-ring (bicyclic) bond motifs is 1. The molecular weight excluding hydrogens is 326 g/mol. The highest BCUT2D eigenvalue weighted by Crippen LogP contribution is 2.46. The first-order chi connectivity index (χ1) is 12.1. The van der Waals surface area contributed by atoms with E-state index in [-0.39, 0.29) is 11.3 Å². The zero-order valence-electron chi connectivity index (χ0n) is 14.3. The van der Waals surface area contributed by atoms with Gasteiger partial charge in [-0.1, -0.05) is 71.4 Å². The van der Waals surface area contributed by atoms with Gasteiger partial charge in [-0.25, -0.2) is 0 Å². The first kappa shape index (κ1) is 16.0. The summed E-state index contributed by atoms with van der Waals surface area (Å²) >= 11 is 1.73. The number of amides is 1. The van der Waals surface area contributed by atoms with Crippen LogP contribution >= 0.6 is 11.8 Å². The molecular formula is C22H19NOS. The lowest BCUT2D eigenvalue weighted by Crippen LogP contribution is -2.36. The fourth-order valence-corrected chi connectivity index (χ4v) is 4.36. The second-order valence-corrected chi connectivity index (χ2v) is 7.51. The Balaban J connectivity index is 1.85. The van der Waals surface area contributed by atoms with Crippen LogP contribution in [0.3, 0.4) is 0 Å². The van der Waals surface area contributed by atoms with E-state index in [1.807, 2.05) is 41.3 Å². The van der Waals surface area contributed by atoms with Crippen LogP contribution in [0, 0.1) is 13.8 Å². The van der Waals surface area contributed by atoms with Crippen LogP contribution in [0.25, 0.3) is 0 Å². The van der Waals surface area contributed by atoms with E-state index in [9.17, 15) is 4.79 Å². The molecule has 1 amide bonds. The molecule has 0 aromatic heterocycles. The molecule has 0 saturated carbocycles. The van der Waals surface area contributed by atoms with Gasteiger partial charge in [-0.15, -0.1) is 0 Å². The minimum Gasteiger partial charge on any atom is -0.291 e. The number of rotatable bonds is 2. The average Bonchev–Trinajstić information content (AvgIpc) is 2.63. The van der Waals surface area contributed by atoms with Crippen molar-refractivity contribution in [3.63, 3.8) is 0 Å². The van der Waals surface area contributed by atoms with Crippen molar-refractivity contribution < 1.29 is 4.79 Å². The fourth-order valence-electron chi connectivity index (χ4n) is 3.06. The Bertz CT molecular complexity index is 916. The summed E-state index contributed by atoms with van der Waals surface area (Å²) < 4.78 is 0. The third kappa shape index (κ3) is 2.96. The summed E-state index contributed by atoms with van der Waals surface area (Å²) in [6.45, 7) is 4.14. The van der Waals surface area contributed by atoms with Crippen LogP contribution in [-0.2, 0) is 0 Å². The molecule has 1 atom stereocenters. The molecule has 0 unspecified atom stereocenters. The van der Waals surface area contributed by atoms with Crippen molar-refractivity contribution in [2.75, 3.05) is 4.90 Å². The highest BCUT2D eigenvalue weighted by molar-refractivity contribution is 7.99. The van der Waals surface area contributed by atoms with Crippen LogP contribution in [-0.4, -0.2) is 5.91 Å². The first-order valence-corrected chi connectivity index (χ1v) is 9.24. The lowest BCUT2D eigenvalue weighted by atomic mass is 10.1. The lowest BCUT2D eigenvalue weighted by molar-refractivity contribution is 0.0979. The number of carbonyl (C=O) groups excluding carboxylic acids is 1. The smallest absolute Gasteiger partial charge is 0.260 e. The van der Waals surface area contributed by atoms with Gasteiger partial charge in [0.25, 0.3) is 5.91 Å². The van der Waals surface area contributed by atoms with Gasteiger partial charge in [0.05, 0.1) is 5.56 Å². The van der Waals surface area contributed by atoms with Crippen LogP contribution in [0.4, 0.5) is 5.69 Å². The Morgan fingerprint density at radius 3 is 2.08 bits per heavy atom. The molecule has 1 aliphatic rings. The van der Waals surface area contributed by atoms with E-state index < -0.39 is 0 Å². The lowest BCUT2D eigenvalue weighted by Gasteiger charge is -2.36. The van der Waals surface area contributed by atoms with E-state index in [1.54, 1.807) is 11.8 Å². The maximum Gasteiger partial charge on any atom is 0.260 e. The van der Waals surface area contributed by atoms with Crippen molar-refractivity contribution in [1.29, 1.82) is 0 Å². The topological polar surface area (TPSA) is 20.3 Å². The molecule has 0 fully saturated rings. The van der Waals surface area contributed by atoms with Gasteiger partial charge in [0.1, 0.15) is 5.37 Å². The third-order valence-electron chi connectivity index (χ3n) is 4.48. The van der Waals surface area contributed by atoms with Gasteiger partial charge in [-0.3, -0.25) is 9.69 Å². The highest BCUT2D eigenvalue weighted by Gasteiger charge is 2.34. The Labute approximate surface area is 152 Å². The summed E-state index contributed by atoms with van der Waals surface area (Å²) in [6.07, 6.45) is 0. The molecule has 2 nitrogen and oxygen atoms in total. The number of carbonyl (C=O) groups is 1. The van der Waals surface area contributed by atoms with E-state index in [1.165, 1.54) is 11.1 Å². The molecule has 25 heavy (non-hydrogen) atoms. The molecule has 3 aromatic carbocycles. The van der Waals surface area contributed by atoms with Crippen molar-refractivity contribution in [3.8, 4) is 0 Å². The zero-order valence-corrected chi connectivity index (χ0v) is 15.1. The van der Waals surface area contributed by atoms with Gasteiger partial charge < -0.3 is 0 Å². The van der Waals surface area contributed by atoms with E-state index in [0.717, 1.165) is 21.7 Å². The normalized spacial score (nSPS) is 16.6. The molecule has 3 aromatic rings. The predicted molar refractivity (Wildman–Crippen MR) is 104 cm³/mol. The van der Waals surface area contributed by atoms with E-state index in [2.05, 4.69) is 50.2 Å². The Morgan fingerprint density at radius 2 is 1.40 bits per heavy atom. The quantitative estimate of drug-likeness (QED) is 0.589. The van der Waals surface area contributed by atoms with Gasteiger partial charge in [-0.05, 0) is 43.7 Å². The molecule has 0 radical (unpaired) electrons. The van der Waals surface area contributed by atoms with Crippen LogP contribution in [0.1, 0.15) is 32.4 Å². The van der Waals surface area contributed by atoms with Crippen molar-refractivity contribution >= 4 is 23.4 Å². The molecule has 0 bridgehead atoms. The van der Waals surface area contributed by atoms with E-state index >= 15 is 0 Å². The van der Waals surface area contributed by atoms with Gasteiger partial charge in [-0.2, -0.15) is 0 Å². The molecule has 0 N–H and O–H groups in total. The van der Waals surface area contributed by atoms with Crippen LogP contribution in [0.15, 0.2) is 77.7 Å². The largest absolute Gasteiger partial charge is 0.291 e. The number of benzene rings is 3. The number of nitrogens with zero attached hydrogens (tertiary/aromatic N) is 1. The Hall–Kier alpha value is -2.52. The van der Waals surface area contributed by atoms with E-state index in [4.69, 9.17) is 0 Å². The second-order valence-electron chi connectivity index (χ2n) is 6.39. The SMILES string of the molecule is Cc1ccc([C@@H]2Sc3ccccc3C(=O)N2c2ccc(C)cc2)cc1. The van der Waals surface area contributed by atoms with Crippen molar-refractivity contribution in [3.05, 3.63) is 95.1 Å². The molecule has 0 saturated heterocycles. The van der Waals surface area contributed by atoms with Gasteiger partial charge >= 0.3 is 0 Å². The van der Waals surface area contributed by atoms with Crippen LogP contribution < -0.4 is 4.90 Å². The highest BCUT2D eigenvalue weighted by atomic mass is 32.2. The summed E-state index contributed by atoms with van der Waals surface area (Å²) in [6, 6.07) is 24.5. The third-order valence-corrected chi connectivity index (χ3v) is 5.80. The Kier molecular flexibility index (Phi) is 4.10. The summed E-state index contributed by atoms with van der Waals surface area (Å²) in [5, 5.41) is -0.0642. The number of anilines is 1. The number of aryl methyl sites for hydroxylation is 2. The van der Waals surface area contributed by atoms with Crippen LogP contribution in [0.5, 0.6) is 0 Å². The first-order valence-electron chi connectivity index (χ1n) is 8.36. The molecule has 3 heteroatoms. The summed E-state index contributed by atoms with van der Waals surface area (Å²) in [4.78, 5) is 16.2. The summed E-state index contributed by atoms with van der Waals surface area (Å²) in [5.74, 6) is 0.0591. The van der Waals surface area contributed by atoms with Gasteiger partial charge in [0.2, 0.25) is 0 Å².